The molecule has 2 fully saturated rings. The van der Waals surface area contributed by atoms with E-state index in [0.29, 0.717) is 0 Å². The molecule has 30 heavy (non-hydrogen) atoms. The number of hydrogen-bond acceptors (Lipinski definition) is 4. The summed E-state index contributed by atoms with van der Waals surface area (Å²) in [6.45, 7) is 10.1. The maximum atomic E-state index is 4.46. The van der Waals surface area contributed by atoms with Crippen LogP contribution in [0.5, 0.6) is 0 Å². The van der Waals surface area contributed by atoms with Gasteiger partial charge in [0.2, 0.25) is 0 Å². The van der Waals surface area contributed by atoms with Gasteiger partial charge in [0.25, 0.3) is 0 Å². The average Bonchev–Trinajstić information content (AvgIpc) is 3.49. The highest BCUT2D eigenvalue weighted by molar-refractivity contribution is 5.86. The third-order valence-corrected chi connectivity index (χ3v) is 7.20. The lowest BCUT2D eigenvalue weighted by Gasteiger charge is -2.32. The second-order valence-electron chi connectivity index (χ2n) is 9.57. The fourth-order valence-electron chi connectivity index (χ4n) is 4.98. The maximum absolute atomic E-state index is 4.46. The molecule has 3 heterocycles. The van der Waals surface area contributed by atoms with Gasteiger partial charge in [-0.15, -0.1) is 0 Å². The summed E-state index contributed by atoms with van der Waals surface area (Å²) in [5.41, 5.74) is 9.58. The van der Waals surface area contributed by atoms with E-state index in [9.17, 15) is 0 Å². The molecule has 4 nitrogen and oxygen atoms in total. The first-order chi connectivity index (χ1) is 14.6. The number of piperazine rings is 1. The number of nitrogens with zero attached hydrogens (tertiary/aromatic N) is 4. The van der Waals surface area contributed by atoms with Crippen LogP contribution in [0.2, 0.25) is 0 Å². The number of allylic oxidation sites excluding steroid dienone is 3. The summed E-state index contributed by atoms with van der Waals surface area (Å²) in [6.07, 6.45) is 15.1. The average molecular weight is 403 g/mol. The normalized spacial score (nSPS) is 23.0. The van der Waals surface area contributed by atoms with E-state index in [4.69, 9.17) is 0 Å². The SMILES string of the molecule is C=C1C2=C(CC(CN3CCN(C)CC3)=C2)C(c2ccncc2CCC2CC2)=CN1C. The van der Waals surface area contributed by atoms with Gasteiger partial charge in [0.15, 0.2) is 0 Å². The summed E-state index contributed by atoms with van der Waals surface area (Å²) >= 11 is 0. The van der Waals surface area contributed by atoms with Crippen molar-refractivity contribution in [3.63, 3.8) is 0 Å². The molecule has 0 bridgehead atoms. The van der Waals surface area contributed by atoms with Crippen molar-refractivity contribution in [1.29, 1.82) is 0 Å². The highest BCUT2D eigenvalue weighted by atomic mass is 15.2. The minimum absolute atomic E-state index is 0.943. The maximum Gasteiger partial charge on any atom is 0.0407 e. The first-order valence-electron chi connectivity index (χ1n) is 11.5. The van der Waals surface area contributed by atoms with E-state index in [1.54, 1.807) is 0 Å². The zero-order chi connectivity index (χ0) is 20.7. The standard InChI is InChI=1S/C26H34N4/c1-19-24-14-21(17-30-12-10-28(2)11-13-30)15-25(24)26(18-29(19)3)23-8-9-27-16-22(23)7-6-20-4-5-20/h8-9,14,16,18,20H,1,4-7,10-13,15,17H2,2-3H3. The molecule has 2 aliphatic heterocycles. The molecule has 5 rings (SSSR count). The second-order valence-corrected chi connectivity index (χ2v) is 9.57. The molecule has 1 saturated heterocycles. The van der Waals surface area contributed by atoms with Gasteiger partial charge in [0.05, 0.1) is 0 Å². The van der Waals surface area contributed by atoms with Crippen molar-refractivity contribution in [2.75, 3.05) is 46.8 Å². The molecule has 0 atom stereocenters. The molecule has 4 heteroatoms. The van der Waals surface area contributed by atoms with Gasteiger partial charge in [0, 0.05) is 75.2 Å². The summed E-state index contributed by atoms with van der Waals surface area (Å²) in [6, 6.07) is 2.22. The smallest absolute Gasteiger partial charge is 0.0407 e. The number of likely N-dealkylation sites (N-methyl/N-ethyl adjacent to an activating group) is 2. The van der Waals surface area contributed by atoms with Gasteiger partial charge in [-0.2, -0.15) is 0 Å². The Bertz CT molecular complexity index is 926. The van der Waals surface area contributed by atoms with Crippen molar-refractivity contribution in [1.82, 2.24) is 19.7 Å². The monoisotopic (exact) mass is 402 g/mol. The Labute approximate surface area is 181 Å². The van der Waals surface area contributed by atoms with Crippen LogP contribution in [0.25, 0.3) is 5.57 Å². The van der Waals surface area contributed by atoms with E-state index in [1.165, 1.54) is 65.8 Å². The Morgan fingerprint density at radius 2 is 1.93 bits per heavy atom. The Hall–Kier alpha value is -2.17. The minimum Gasteiger partial charge on any atom is -0.350 e. The van der Waals surface area contributed by atoms with Crippen LogP contribution in [0.4, 0.5) is 0 Å². The van der Waals surface area contributed by atoms with E-state index in [1.807, 2.05) is 6.20 Å². The lowest BCUT2D eigenvalue weighted by molar-refractivity contribution is 0.163. The molecular formula is C26H34N4. The van der Waals surface area contributed by atoms with Crippen LogP contribution in [-0.2, 0) is 6.42 Å². The lowest BCUT2D eigenvalue weighted by Crippen LogP contribution is -2.44. The van der Waals surface area contributed by atoms with Gasteiger partial charge in [-0.3, -0.25) is 9.88 Å². The molecule has 0 aromatic carbocycles. The highest BCUT2D eigenvalue weighted by Crippen LogP contribution is 2.44. The zero-order valence-electron chi connectivity index (χ0n) is 18.5. The molecule has 1 aromatic heterocycles. The molecule has 0 amide bonds. The van der Waals surface area contributed by atoms with Gasteiger partial charge in [0.1, 0.15) is 0 Å². The number of pyridine rings is 1. The largest absolute Gasteiger partial charge is 0.350 e. The third kappa shape index (κ3) is 4.03. The van der Waals surface area contributed by atoms with Crippen LogP contribution >= 0.6 is 0 Å². The Morgan fingerprint density at radius 1 is 1.13 bits per heavy atom. The van der Waals surface area contributed by atoms with Gasteiger partial charge in [-0.25, -0.2) is 0 Å². The lowest BCUT2D eigenvalue weighted by atomic mass is 9.88. The fraction of sp³-hybridized carbons (Fsp3) is 0.500. The molecule has 158 valence electrons. The van der Waals surface area contributed by atoms with Crippen LogP contribution in [0, 0.1) is 5.92 Å². The van der Waals surface area contributed by atoms with Crippen molar-refractivity contribution in [3.05, 3.63) is 70.9 Å². The Kier molecular flexibility index (Phi) is 5.38. The van der Waals surface area contributed by atoms with Crippen LogP contribution in [0.3, 0.4) is 0 Å². The molecule has 0 unspecified atom stereocenters. The number of aryl methyl sites for hydroxylation is 1. The van der Waals surface area contributed by atoms with E-state index >= 15 is 0 Å². The van der Waals surface area contributed by atoms with E-state index < -0.39 is 0 Å². The van der Waals surface area contributed by atoms with Gasteiger partial charge in [-0.05, 0) is 55.0 Å². The fourth-order valence-corrected chi connectivity index (χ4v) is 4.98. The molecule has 0 spiro atoms. The third-order valence-electron chi connectivity index (χ3n) is 7.20. The number of rotatable bonds is 6. The molecule has 1 aromatic rings. The van der Waals surface area contributed by atoms with E-state index in [0.717, 1.165) is 44.1 Å². The highest BCUT2D eigenvalue weighted by Gasteiger charge is 2.29. The van der Waals surface area contributed by atoms with Gasteiger partial charge in [-0.1, -0.05) is 31.1 Å². The summed E-state index contributed by atoms with van der Waals surface area (Å²) in [5, 5.41) is 0. The minimum atomic E-state index is 0.943. The second kappa shape index (κ2) is 8.16. The van der Waals surface area contributed by atoms with Crippen molar-refractivity contribution in [2.24, 2.45) is 5.92 Å². The Morgan fingerprint density at radius 3 is 2.70 bits per heavy atom. The molecule has 0 radical (unpaired) electrons. The topological polar surface area (TPSA) is 22.6 Å². The van der Waals surface area contributed by atoms with Crippen LogP contribution < -0.4 is 0 Å². The number of aromatic nitrogens is 1. The molecule has 0 N–H and O–H groups in total. The van der Waals surface area contributed by atoms with Gasteiger partial charge >= 0.3 is 0 Å². The molecular weight excluding hydrogens is 368 g/mol. The predicted molar refractivity (Wildman–Crippen MR) is 124 cm³/mol. The van der Waals surface area contributed by atoms with Gasteiger partial charge < -0.3 is 9.80 Å². The molecule has 1 saturated carbocycles. The van der Waals surface area contributed by atoms with E-state index in [-0.39, 0.29) is 0 Å². The first kappa shape index (κ1) is 19.8. The zero-order valence-corrected chi connectivity index (χ0v) is 18.5. The number of hydrogen-bond donors (Lipinski definition) is 0. The first-order valence-corrected chi connectivity index (χ1v) is 11.5. The van der Waals surface area contributed by atoms with Crippen molar-refractivity contribution in [3.8, 4) is 0 Å². The van der Waals surface area contributed by atoms with Crippen LogP contribution in [0.15, 0.2) is 59.7 Å². The summed E-state index contributed by atoms with van der Waals surface area (Å²) in [5.74, 6) is 0.943. The Balaban J connectivity index is 1.37. The van der Waals surface area contributed by atoms with Crippen molar-refractivity contribution >= 4 is 5.57 Å². The van der Waals surface area contributed by atoms with Crippen LogP contribution in [-0.4, -0.2) is 66.5 Å². The summed E-state index contributed by atoms with van der Waals surface area (Å²) in [7, 11) is 4.35. The van der Waals surface area contributed by atoms with Crippen molar-refractivity contribution < 1.29 is 0 Å². The van der Waals surface area contributed by atoms with E-state index in [2.05, 4.69) is 64.9 Å². The predicted octanol–water partition coefficient (Wildman–Crippen LogP) is 4.10. The quantitative estimate of drug-likeness (QED) is 0.714. The summed E-state index contributed by atoms with van der Waals surface area (Å²) < 4.78 is 0. The van der Waals surface area contributed by atoms with Crippen molar-refractivity contribution in [2.45, 2.75) is 32.1 Å². The molecule has 2 aliphatic carbocycles. The summed E-state index contributed by atoms with van der Waals surface area (Å²) in [4.78, 5) is 11.7. The van der Waals surface area contributed by atoms with Crippen LogP contribution in [0.1, 0.15) is 36.8 Å². The molecule has 4 aliphatic rings.